The summed E-state index contributed by atoms with van der Waals surface area (Å²) in [4.78, 5) is 0. The van der Waals surface area contributed by atoms with Crippen molar-refractivity contribution in [3.05, 3.63) is 53.6 Å². The SMILES string of the molecule is COc1cccc(CCC[NH2+]C(C)C(O)c2ccc(O)cc2)c1OC.[Cl-]. The van der Waals surface area contributed by atoms with Gasteiger partial charge in [-0.2, -0.15) is 0 Å². The average Bonchev–Trinajstić information content (AvgIpc) is 2.64. The third-order valence-corrected chi connectivity index (χ3v) is 4.41. The number of hydrogen-bond acceptors (Lipinski definition) is 4. The Labute approximate surface area is 161 Å². The van der Waals surface area contributed by atoms with Crippen molar-refractivity contribution in [1.82, 2.24) is 0 Å². The molecule has 0 fully saturated rings. The number of halogens is 1. The van der Waals surface area contributed by atoms with E-state index < -0.39 is 6.10 Å². The van der Waals surface area contributed by atoms with Crippen LogP contribution in [0.5, 0.6) is 17.2 Å². The predicted octanol–water partition coefficient (Wildman–Crippen LogP) is -0.968. The Hall–Kier alpha value is -1.95. The van der Waals surface area contributed by atoms with Crippen molar-refractivity contribution in [2.75, 3.05) is 20.8 Å². The molecule has 2 unspecified atom stereocenters. The normalized spacial score (nSPS) is 12.8. The molecule has 2 aromatic rings. The Morgan fingerprint density at radius 2 is 1.73 bits per heavy atom. The van der Waals surface area contributed by atoms with Gasteiger partial charge in [-0.05, 0) is 42.7 Å². The van der Waals surface area contributed by atoms with E-state index in [0.29, 0.717) is 0 Å². The molecular weight excluding hydrogens is 354 g/mol. The van der Waals surface area contributed by atoms with Crippen LogP contribution in [0.4, 0.5) is 0 Å². The molecule has 144 valence electrons. The molecule has 5 nitrogen and oxygen atoms in total. The van der Waals surface area contributed by atoms with Gasteiger partial charge in [0.25, 0.3) is 0 Å². The van der Waals surface area contributed by atoms with Crippen LogP contribution in [-0.2, 0) is 6.42 Å². The highest BCUT2D eigenvalue weighted by Gasteiger charge is 2.19. The van der Waals surface area contributed by atoms with Crippen LogP contribution in [0, 0.1) is 0 Å². The summed E-state index contributed by atoms with van der Waals surface area (Å²) >= 11 is 0. The summed E-state index contributed by atoms with van der Waals surface area (Å²) < 4.78 is 10.8. The maximum Gasteiger partial charge on any atom is 0.163 e. The lowest BCUT2D eigenvalue weighted by Gasteiger charge is -2.18. The molecule has 0 radical (unpaired) electrons. The summed E-state index contributed by atoms with van der Waals surface area (Å²) in [6.07, 6.45) is 1.29. The van der Waals surface area contributed by atoms with Crippen LogP contribution >= 0.6 is 0 Å². The molecule has 0 saturated heterocycles. The van der Waals surface area contributed by atoms with Crippen molar-refractivity contribution in [3.63, 3.8) is 0 Å². The lowest BCUT2D eigenvalue weighted by Crippen LogP contribution is -3.00. The van der Waals surface area contributed by atoms with E-state index in [-0.39, 0.29) is 24.2 Å². The zero-order valence-electron chi connectivity index (χ0n) is 15.5. The number of phenolic OH excluding ortho intramolecular Hbond substituents is 1. The van der Waals surface area contributed by atoms with Crippen LogP contribution < -0.4 is 27.2 Å². The fourth-order valence-electron chi connectivity index (χ4n) is 2.93. The van der Waals surface area contributed by atoms with Gasteiger partial charge in [0, 0.05) is 6.42 Å². The predicted molar refractivity (Wildman–Crippen MR) is 97.2 cm³/mol. The van der Waals surface area contributed by atoms with E-state index in [0.717, 1.165) is 42.0 Å². The Morgan fingerprint density at radius 3 is 2.35 bits per heavy atom. The second-order valence-electron chi connectivity index (χ2n) is 6.18. The lowest BCUT2D eigenvalue weighted by molar-refractivity contribution is -0.694. The number of hydrogen-bond donors (Lipinski definition) is 3. The van der Waals surface area contributed by atoms with E-state index in [9.17, 15) is 10.2 Å². The molecule has 0 aliphatic carbocycles. The average molecular weight is 382 g/mol. The van der Waals surface area contributed by atoms with Crippen LogP contribution in [0.15, 0.2) is 42.5 Å². The Morgan fingerprint density at radius 1 is 1.04 bits per heavy atom. The van der Waals surface area contributed by atoms with Crippen LogP contribution in [0.25, 0.3) is 0 Å². The monoisotopic (exact) mass is 381 g/mol. The smallest absolute Gasteiger partial charge is 0.163 e. The topological polar surface area (TPSA) is 75.5 Å². The number of aliphatic hydroxyl groups excluding tert-OH is 1. The fourth-order valence-corrected chi connectivity index (χ4v) is 2.93. The van der Waals surface area contributed by atoms with E-state index in [1.54, 1.807) is 38.5 Å². The number of aryl methyl sites for hydroxylation is 1. The number of methoxy groups -OCH3 is 2. The minimum absolute atomic E-state index is 0. The molecule has 0 heterocycles. The van der Waals surface area contributed by atoms with E-state index in [1.165, 1.54) is 0 Å². The fraction of sp³-hybridized carbons (Fsp3) is 0.400. The van der Waals surface area contributed by atoms with Crippen molar-refractivity contribution in [2.45, 2.75) is 31.9 Å². The van der Waals surface area contributed by atoms with E-state index in [2.05, 4.69) is 11.4 Å². The molecule has 26 heavy (non-hydrogen) atoms. The second kappa shape index (κ2) is 10.9. The van der Waals surface area contributed by atoms with Gasteiger partial charge in [0.2, 0.25) is 0 Å². The summed E-state index contributed by atoms with van der Waals surface area (Å²) in [6, 6.07) is 12.7. The maximum atomic E-state index is 10.4. The number of nitrogens with two attached hydrogens (primary N) is 1. The first-order valence-corrected chi connectivity index (χ1v) is 8.57. The molecular formula is C20H28ClNO4. The van der Waals surface area contributed by atoms with Gasteiger partial charge in [-0.3, -0.25) is 0 Å². The van der Waals surface area contributed by atoms with Crippen molar-refractivity contribution >= 4 is 0 Å². The van der Waals surface area contributed by atoms with Crippen LogP contribution in [0.2, 0.25) is 0 Å². The van der Waals surface area contributed by atoms with Crippen LogP contribution in [-0.4, -0.2) is 37.0 Å². The summed E-state index contributed by atoms with van der Waals surface area (Å²) in [5.74, 6) is 1.75. The van der Waals surface area contributed by atoms with Crippen molar-refractivity contribution in [3.8, 4) is 17.2 Å². The third-order valence-electron chi connectivity index (χ3n) is 4.41. The van der Waals surface area contributed by atoms with Gasteiger partial charge in [-0.25, -0.2) is 0 Å². The summed E-state index contributed by atoms with van der Waals surface area (Å²) in [5, 5.41) is 21.9. The first kappa shape index (κ1) is 22.1. The number of rotatable bonds is 9. The van der Waals surface area contributed by atoms with Gasteiger partial charge < -0.3 is 37.4 Å². The zero-order chi connectivity index (χ0) is 18.2. The molecule has 0 aliphatic heterocycles. The molecule has 2 rings (SSSR count). The van der Waals surface area contributed by atoms with Gasteiger partial charge in [0.1, 0.15) is 17.9 Å². The highest BCUT2D eigenvalue weighted by atomic mass is 35.5. The Kier molecular flexibility index (Phi) is 9.27. The first-order valence-electron chi connectivity index (χ1n) is 8.57. The molecule has 0 spiro atoms. The highest BCUT2D eigenvalue weighted by Crippen LogP contribution is 2.31. The summed E-state index contributed by atoms with van der Waals surface area (Å²) in [6.45, 7) is 2.90. The van der Waals surface area contributed by atoms with E-state index in [1.807, 2.05) is 19.1 Å². The molecule has 0 amide bonds. The van der Waals surface area contributed by atoms with E-state index >= 15 is 0 Å². The molecule has 0 saturated carbocycles. The van der Waals surface area contributed by atoms with Gasteiger partial charge in [0.15, 0.2) is 11.5 Å². The molecule has 6 heteroatoms. The van der Waals surface area contributed by atoms with Crippen LogP contribution in [0.1, 0.15) is 30.6 Å². The number of benzene rings is 2. The lowest BCUT2D eigenvalue weighted by atomic mass is 10.0. The standard InChI is InChI=1S/C20H27NO4.ClH/c1-14(19(23)15-9-11-17(22)12-10-15)21-13-5-7-16-6-4-8-18(24-2)20(16)25-3;/h4,6,8-12,14,19,21-23H,5,7,13H2,1-3H3;1H. The van der Waals surface area contributed by atoms with Gasteiger partial charge in [-0.15, -0.1) is 0 Å². The molecule has 0 aliphatic rings. The third kappa shape index (κ3) is 5.80. The molecule has 2 aromatic carbocycles. The Bertz CT molecular complexity index is 663. The zero-order valence-corrected chi connectivity index (χ0v) is 16.2. The number of phenols is 1. The van der Waals surface area contributed by atoms with Gasteiger partial charge in [-0.1, -0.05) is 24.3 Å². The largest absolute Gasteiger partial charge is 1.00 e. The summed E-state index contributed by atoms with van der Waals surface area (Å²) in [7, 11) is 3.30. The maximum absolute atomic E-state index is 10.4. The molecule has 4 N–H and O–H groups in total. The number of ether oxygens (including phenoxy) is 2. The molecule has 0 aromatic heterocycles. The number of quaternary nitrogens is 1. The van der Waals surface area contributed by atoms with Crippen LogP contribution in [0.3, 0.4) is 0 Å². The van der Waals surface area contributed by atoms with E-state index in [4.69, 9.17) is 9.47 Å². The first-order chi connectivity index (χ1) is 12.1. The molecule has 2 atom stereocenters. The Balaban J connectivity index is 0.00000338. The number of para-hydroxylation sites is 1. The second-order valence-corrected chi connectivity index (χ2v) is 6.18. The van der Waals surface area contributed by atoms with Crippen molar-refractivity contribution in [2.24, 2.45) is 0 Å². The van der Waals surface area contributed by atoms with Gasteiger partial charge in [0.05, 0.1) is 20.8 Å². The summed E-state index contributed by atoms with van der Waals surface area (Å²) in [5.41, 5.74) is 1.94. The molecule has 0 bridgehead atoms. The van der Waals surface area contributed by atoms with Gasteiger partial charge >= 0.3 is 0 Å². The van der Waals surface area contributed by atoms with Crippen molar-refractivity contribution in [1.29, 1.82) is 0 Å². The number of aromatic hydroxyl groups is 1. The highest BCUT2D eigenvalue weighted by molar-refractivity contribution is 5.46. The minimum Gasteiger partial charge on any atom is -1.00 e. The van der Waals surface area contributed by atoms with Crippen molar-refractivity contribution < 1.29 is 37.4 Å². The number of aliphatic hydroxyl groups is 1. The minimum atomic E-state index is -0.563. The quantitative estimate of drug-likeness (QED) is 0.489.